The SMILES string of the molecule is CCOc1oc(-c2ccco2)nc1C(=O)ON1C(=O)c2ccccc2C1=O. The number of carbonyl (C=O) groups is 3. The number of hydrogen-bond acceptors (Lipinski definition) is 8. The number of nitrogens with zero attached hydrogens (tertiary/aromatic N) is 2. The van der Waals surface area contributed by atoms with Crippen LogP contribution in [0.4, 0.5) is 0 Å². The lowest BCUT2D eigenvalue weighted by atomic mass is 10.1. The summed E-state index contributed by atoms with van der Waals surface area (Å²) in [5.41, 5.74) is -0.0201. The van der Waals surface area contributed by atoms with Gasteiger partial charge in [-0.15, -0.1) is 0 Å². The first-order valence-electron chi connectivity index (χ1n) is 7.97. The number of hydroxylamine groups is 2. The monoisotopic (exact) mass is 368 g/mol. The molecule has 3 aromatic rings. The van der Waals surface area contributed by atoms with Crippen LogP contribution in [-0.2, 0) is 4.84 Å². The lowest BCUT2D eigenvalue weighted by Crippen LogP contribution is -2.32. The molecule has 1 aliphatic heterocycles. The molecule has 0 aliphatic carbocycles. The summed E-state index contributed by atoms with van der Waals surface area (Å²) in [5.74, 6) is -2.48. The normalized spacial score (nSPS) is 13.0. The molecule has 136 valence electrons. The minimum Gasteiger partial charge on any atom is -0.464 e. The molecule has 0 fully saturated rings. The van der Waals surface area contributed by atoms with E-state index >= 15 is 0 Å². The van der Waals surface area contributed by atoms with Gasteiger partial charge in [-0.05, 0) is 31.2 Å². The Balaban J connectivity index is 1.62. The van der Waals surface area contributed by atoms with E-state index in [9.17, 15) is 14.4 Å². The molecule has 9 nitrogen and oxygen atoms in total. The molecule has 2 amide bonds. The summed E-state index contributed by atoms with van der Waals surface area (Å²) in [4.78, 5) is 46.1. The largest absolute Gasteiger partial charge is 0.464 e. The molecule has 27 heavy (non-hydrogen) atoms. The molecular weight excluding hydrogens is 356 g/mol. The maximum Gasteiger partial charge on any atom is 0.389 e. The van der Waals surface area contributed by atoms with Crippen molar-refractivity contribution in [3.63, 3.8) is 0 Å². The van der Waals surface area contributed by atoms with Crippen molar-refractivity contribution in [3.8, 4) is 17.6 Å². The summed E-state index contributed by atoms with van der Waals surface area (Å²) in [7, 11) is 0. The average molecular weight is 368 g/mol. The van der Waals surface area contributed by atoms with E-state index in [0.717, 1.165) is 0 Å². The number of hydrogen-bond donors (Lipinski definition) is 0. The van der Waals surface area contributed by atoms with Crippen molar-refractivity contribution in [2.45, 2.75) is 6.92 Å². The van der Waals surface area contributed by atoms with Crippen LogP contribution < -0.4 is 4.74 Å². The van der Waals surface area contributed by atoms with Crippen LogP contribution in [-0.4, -0.2) is 34.4 Å². The number of aromatic nitrogens is 1. The molecule has 1 aromatic carbocycles. The molecule has 0 unspecified atom stereocenters. The standard InChI is InChI=1S/C18H12N2O7/c1-2-24-18-13(19-14(26-18)12-8-5-9-25-12)17(23)27-20-15(21)10-6-3-4-7-11(10)16(20)22/h3-9H,2H2,1H3. The maximum atomic E-state index is 12.5. The number of ether oxygens (including phenoxy) is 1. The van der Waals surface area contributed by atoms with Gasteiger partial charge in [0, 0.05) is 0 Å². The highest BCUT2D eigenvalue weighted by Crippen LogP contribution is 2.29. The lowest BCUT2D eigenvalue weighted by molar-refractivity contribution is -0.0591. The zero-order chi connectivity index (χ0) is 19.0. The van der Waals surface area contributed by atoms with Crippen molar-refractivity contribution < 1.29 is 32.8 Å². The molecule has 2 aromatic heterocycles. The van der Waals surface area contributed by atoms with Gasteiger partial charge in [-0.2, -0.15) is 4.98 Å². The second kappa shape index (κ2) is 6.45. The van der Waals surface area contributed by atoms with Gasteiger partial charge in [0.1, 0.15) is 0 Å². The summed E-state index contributed by atoms with van der Waals surface area (Å²) < 4.78 is 15.8. The Hall–Kier alpha value is -3.88. The van der Waals surface area contributed by atoms with Gasteiger partial charge in [-0.25, -0.2) is 4.79 Å². The van der Waals surface area contributed by atoms with Crippen LogP contribution in [0.2, 0.25) is 0 Å². The van der Waals surface area contributed by atoms with Gasteiger partial charge in [-0.3, -0.25) is 9.59 Å². The van der Waals surface area contributed by atoms with Crippen LogP contribution in [0.1, 0.15) is 38.1 Å². The van der Waals surface area contributed by atoms with Gasteiger partial charge in [0.2, 0.25) is 5.69 Å². The Morgan fingerprint density at radius 2 is 1.81 bits per heavy atom. The van der Waals surface area contributed by atoms with Gasteiger partial charge in [0.15, 0.2) is 5.76 Å². The number of fused-ring (bicyclic) bond motifs is 1. The van der Waals surface area contributed by atoms with Crippen molar-refractivity contribution in [1.29, 1.82) is 0 Å². The van der Waals surface area contributed by atoms with Gasteiger partial charge in [0.25, 0.3) is 17.7 Å². The molecule has 4 rings (SSSR count). The number of carbonyl (C=O) groups excluding carboxylic acids is 3. The fraction of sp³-hybridized carbons (Fsp3) is 0.111. The van der Waals surface area contributed by atoms with Crippen LogP contribution >= 0.6 is 0 Å². The molecule has 1 aliphatic rings. The fourth-order valence-electron chi connectivity index (χ4n) is 2.55. The Bertz CT molecular complexity index is 1000. The average Bonchev–Trinajstić information content (AvgIpc) is 3.39. The quantitative estimate of drug-likeness (QED) is 0.632. The van der Waals surface area contributed by atoms with Gasteiger partial charge < -0.3 is 18.4 Å². The van der Waals surface area contributed by atoms with E-state index in [1.807, 2.05) is 0 Å². The van der Waals surface area contributed by atoms with E-state index in [-0.39, 0.29) is 41.0 Å². The highest BCUT2D eigenvalue weighted by molar-refractivity contribution is 6.21. The minimum absolute atomic E-state index is 0.00207. The highest BCUT2D eigenvalue weighted by atomic mass is 16.7. The zero-order valence-electron chi connectivity index (χ0n) is 14.0. The van der Waals surface area contributed by atoms with Crippen molar-refractivity contribution in [2.75, 3.05) is 6.61 Å². The number of amides is 2. The molecule has 0 saturated carbocycles. The van der Waals surface area contributed by atoms with Crippen molar-refractivity contribution in [2.24, 2.45) is 0 Å². The van der Waals surface area contributed by atoms with Gasteiger partial charge >= 0.3 is 11.9 Å². The Morgan fingerprint density at radius 3 is 2.41 bits per heavy atom. The summed E-state index contributed by atoms with van der Waals surface area (Å²) in [6.07, 6.45) is 1.41. The second-order valence-corrected chi connectivity index (χ2v) is 5.39. The first-order valence-corrected chi connectivity index (χ1v) is 7.97. The number of rotatable bonds is 5. The molecule has 0 spiro atoms. The Kier molecular flexibility index (Phi) is 3.96. The molecule has 0 atom stereocenters. The summed E-state index contributed by atoms with van der Waals surface area (Å²) >= 11 is 0. The number of oxazole rings is 1. The topological polar surface area (TPSA) is 112 Å². The van der Waals surface area contributed by atoms with Crippen molar-refractivity contribution >= 4 is 17.8 Å². The van der Waals surface area contributed by atoms with Crippen LogP contribution in [0, 0.1) is 0 Å². The molecule has 3 heterocycles. The van der Waals surface area contributed by atoms with Gasteiger partial charge in [0.05, 0.1) is 24.0 Å². The number of furan rings is 1. The third kappa shape index (κ3) is 2.74. The molecule has 0 radical (unpaired) electrons. The van der Waals surface area contributed by atoms with Crippen molar-refractivity contribution in [3.05, 3.63) is 59.5 Å². The predicted octanol–water partition coefficient (Wildman–Crippen LogP) is 2.70. The van der Waals surface area contributed by atoms with E-state index < -0.39 is 17.8 Å². The number of imide groups is 1. The maximum absolute atomic E-state index is 12.5. The molecular formula is C18H12N2O7. The number of benzene rings is 1. The third-order valence-electron chi connectivity index (χ3n) is 3.73. The van der Waals surface area contributed by atoms with E-state index in [1.165, 1.54) is 18.4 Å². The van der Waals surface area contributed by atoms with Crippen LogP contribution in [0.5, 0.6) is 5.95 Å². The van der Waals surface area contributed by atoms with Crippen molar-refractivity contribution in [1.82, 2.24) is 10.0 Å². The van der Waals surface area contributed by atoms with Crippen LogP contribution in [0.15, 0.2) is 51.5 Å². The first kappa shape index (κ1) is 16.6. The van der Waals surface area contributed by atoms with E-state index in [1.54, 1.807) is 31.2 Å². The Labute approximate surface area is 152 Å². The lowest BCUT2D eigenvalue weighted by Gasteiger charge is -2.11. The molecule has 9 heteroatoms. The molecule has 0 bridgehead atoms. The second-order valence-electron chi connectivity index (χ2n) is 5.39. The summed E-state index contributed by atoms with van der Waals surface area (Å²) in [6, 6.07) is 9.36. The zero-order valence-corrected chi connectivity index (χ0v) is 14.0. The third-order valence-corrected chi connectivity index (χ3v) is 3.73. The fourth-order valence-corrected chi connectivity index (χ4v) is 2.55. The minimum atomic E-state index is -1.07. The van der Waals surface area contributed by atoms with E-state index in [4.69, 9.17) is 18.4 Å². The van der Waals surface area contributed by atoms with E-state index in [2.05, 4.69) is 4.98 Å². The summed E-state index contributed by atoms with van der Waals surface area (Å²) in [6.45, 7) is 1.88. The smallest absolute Gasteiger partial charge is 0.389 e. The van der Waals surface area contributed by atoms with Gasteiger partial charge in [-0.1, -0.05) is 17.2 Å². The molecule has 0 N–H and O–H groups in total. The first-order chi connectivity index (χ1) is 13.1. The van der Waals surface area contributed by atoms with E-state index in [0.29, 0.717) is 5.06 Å². The molecule has 0 saturated heterocycles. The van der Waals surface area contributed by atoms with Crippen LogP contribution in [0.25, 0.3) is 11.7 Å². The Morgan fingerprint density at radius 1 is 1.11 bits per heavy atom. The predicted molar refractivity (Wildman–Crippen MR) is 87.7 cm³/mol. The van der Waals surface area contributed by atoms with Crippen LogP contribution in [0.3, 0.4) is 0 Å². The highest BCUT2D eigenvalue weighted by Gasteiger charge is 2.40. The summed E-state index contributed by atoms with van der Waals surface area (Å²) in [5, 5.41) is 0.393.